The van der Waals surface area contributed by atoms with Crippen molar-refractivity contribution in [2.75, 3.05) is 5.73 Å². The van der Waals surface area contributed by atoms with Gasteiger partial charge in [-0.25, -0.2) is 4.39 Å². The summed E-state index contributed by atoms with van der Waals surface area (Å²) in [7, 11) is 0. The van der Waals surface area contributed by atoms with Crippen molar-refractivity contribution < 1.29 is 17.6 Å². The van der Waals surface area contributed by atoms with Gasteiger partial charge in [0.15, 0.2) is 0 Å². The summed E-state index contributed by atoms with van der Waals surface area (Å²) in [5, 5.41) is 0. The van der Waals surface area contributed by atoms with Crippen molar-refractivity contribution in [2.45, 2.75) is 16.8 Å². The predicted molar refractivity (Wildman–Crippen MR) is 71.8 cm³/mol. The second kappa shape index (κ2) is 5.75. The van der Waals surface area contributed by atoms with Gasteiger partial charge in [0.05, 0.1) is 5.56 Å². The summed E-state index contributed by atoms with van der Waals surface area (Å²) in [4.78, 5) is 0.358. The van der Waals surface area contributed by atoms with E-state index >= 15 is 0 Å². The quantitative estimate of drug-likeness (QED) is 0.504. The first kappa shape index (κ1) is 14.7. The summed E-state index contributed by atoms with van der Waals surface area (Å²) in [6.07, 6.45) is -4.37. The van der Waals surface area contributed by atoms with Crippen molar-refractivity contribution in [3.05, 3.63) is 59.4 Å². The number of anilines is 1. The minimum Gasteiger partial charge on any atom is -0.399 e. The topological polar surface area (TPSA) is 26.0 Å². The molecule has 0 bridgehead atoms. The highest BCUT2D eigenvalue weighted by Gasteiger charge is 2.30. The van der Waals surface area contributed by atoms with E-state index in [1.165, 1.54) is 18.2 Å². The molecule has 0 spiro atoms. The van der Waals surface area contributed by atoms with Crippen LogP contribution in [0.5, 0.6) is 0 Å². The molecule has 0 aliphatic heterocycles. The lowest BCUT2D eigenvalue weighted by Crippen LogP contribution is -2.04. The van der Waals surface area contributed by atoms with Gasteiger partial charge in [-0.2, -0.15) is 13.2 Å². The van der Waals surface area contributed by atoms with Crippen LogP contribution in [0, 0.1) is 5.82 Å². The molecule has 106 valence electrons. The molecule has 0 saturated heterocycles. The average molecular weight is 301 g/mol. The van der Waals surface area contributed by atoms with E-state index in [1.54, 1.807) is 12.1 Å². The number of hydrogen-bond acceptors (Lipinski definition) is 2. The second-order valence-corrected chi connectivity index (χ2v) is 5.19. The third-order valence-electron chi connectivity index (χ3n) is 2.60. The highest BCUT2D eigenvalue weighted by molar-refractivity contribution is 7.98. The fourth-order valence-corrected chi connectivity index (χ4v) is 2.50. The fraction of sp³-hybridized carbons (Fsp3) is 0.143. The first-order valence-corrected chi connectivity index (χ1v) is 6.69. The lowest BCUT2D eigenvalue weighted by atomic mass is 10.1. The van der Waals surface area contributed by atoms with Crippen LogP contribution in [-0.2, 0) is 11.9 Å². The van der Waals surface area contributed by atoms with Gasteiger partial charge in [-0.1, -0.05) is 18.2 Å². The van der Waals surface area contributed by atoms with Gasteiger partial charge in [-0.15, -0.1) is 11.8 Å². The molecule has 6 heteroatoms. The monoisotopic (exact) mass is 301 g/mol. The summed E-state index contributed by atoms with van der Waals surface area (Å²) in [6, 6.07) is 9.27. The molecule has 0 aliphatic carbocycles. The normalized spacial score (nSPS) is 11.6. The van der Waals surface area contributed by atoms with Gasteiger partial charge in [0.2, 0.25) is 0 Å². The van der Waals surface area contributed by atoms with Gasteiger partial charge in [-0.05, 0) is 29.8 Å². The Balaban J connectivity index is 2.11. The van der Waals surface area contributed by atoms with Crippen molar-refractivity contribution in [1.82, 2.24) is 0 Å². The maximum Gasteiger partial charge on any atom is 0.416 e. The van der Waals surface area contributed by atoms with E-state index in [4.69, 9.17) is 5.73 Å². The summed E-state index contributed by atoms with van der Waals surface area (Å²) in [5.41, 5.74) is 5.53. The van der Waals surface area contributed by atoms with Crippen molar-refractivity contribution in [3.63, 3.8) is 0 Å². The molecule has 1 nitrogen and oxygen atoms in total. The standard InChI is InChI=1S/C14H11F4NS/c15-12-7-11(19)4-5-13(12)20-8-9-2-1-3-10(6-9)14(16,17)18/h1-7H,8,19H2. The fourth-order valence-electron chi connectivity index (χ4n) is 1.63. The molecule has 0 heterocycles. The molecule has 2 aromatic carbocycles. The number of benzene rings is 2. The minimum atomic E-state index is -4.37. The molecule has 2 N–H and O–H groups in total. The number of alkyl halides is 3. The van der Waals surface area contributed by atoms with Crippen molar-refractivity contribution >= 4 is 17.4 Å². The molecule has 2 aromatic rings. The van der Waals surface area contributed by atoms with Gasteiger partial charge in [-0.3, -0.25) is 0 Å². The zero-order chi connectivity index (χ0) is 14.8. The number of halogens is 4. The van der Waals surface area contributed by atoms with Crippen molar-refractivity contribution in [2.24, 2.45) is 0 Å². The molecular formula is C14H11F4NS. The number of nitrogens with two attached hydrogens (primary N) is 1. The van der Waals surface area contributed by atoms with E-state index in [2.05, 4.69) is 0 Å². The number of thioether (sulfide) groups is 1. The van der Waals surface area contributed by atoms with Gasteiger partial charge in [0.1, 0.15) is 5.82 Å². The van der Waals surface area contributed by atoms with Crippen LogP contribution in [0.4, 0.5) is 23.2 Å². The highest BCUT2D eigenvalue weighted by atomic mass is 32.2. The summed E-state index contributed by atoms with van der Waals surface area (Å²) < 4.78 is 51.2. The lowest BCUT2D eigenvalue weighted by molar-refractivity contribution is -0.137. The maximum absolute atomic E-state index is 13.5. The Morgan fingerprint density at radius 2 is 1.80 bits per heavy atom. The molecular weight excluding hydrogens is 290 g/mol. The smallest absolute Gasteiger partial charge is 0.399 e. The van der Waals surface area contributed by atoms with E-state index in [1.807, 2.05) is 0 Å². The molecule has 0 fully saturated rings. The van der Waals surface area contributed by atoms with Gasteiger partial charge < -0.3 is 5.73 Å². The third kappa shape index (κ3) is 3.66. The number of nitrogen functional groups attached to an aromatic ring is 1. The summed E-state index contributed by atoms with van der Waals surface area (Å²) in [5.74, 6) is -0.216. The van der Waals surface area contributed by atoms with Crippen LogP contribution >= 0.6 is 11.8 Å². The third-order valence-corrected chi connectivity index (χ3v) is 3.72. The van der Waals surface area contributed by atoms with E-state index < -0.39 is 17.6 Å². The Hall–Kier alpha value is -1.69. The molecule has 20 heavy (non-hydrogen) atoms. The lowest BCUT2D eigenvalue weighted by Gasteiger charge is -2.09. The molecule has 0 saturated carbocycles. The van der Waals surface area contributed by atoms with E-state index in [-0.39, 0.29) is 5.75 Å². The first-order chi connectivity index (χ1) is 9.36. The second-order valence-electron chi connectivity index (χ2n) is 4.18. The van der Waals surface area contributed by atoms with Gasteiger partial charge in [0.25, 0.3) is 0 Å². The van der Waals surface area contributed by atoms with E-state index in [0.717, 1.165) is 23.9 Å². The van der Waals surface area contributed by atoms with Crippen LogP contribution in [0.2, 0.25) is 0 Å². The molecule has 0 unspecified atom stereocenters. The Morgan fingerprint density at radius 3 is 2.45 bits per heavy atom. The number of hydrogen-bond donors (Lipinski definition) is 1. The summed E-state index contributed by atoms with van der Waals surface area (Å²) in [6.45, 7) is 0. The zero-order valence-corrected chi connectivity index (χ0v) is 11.1. The Kier molecular flexibility index (Phi) is 4.23. The van der Waals surface area contributed by atoms with Crippen LogP contribution < -0.4 is 5.73 Å². The van der Waals surface area contributed by atoms with E-state index in [9.17, 15) is 17.6 Å². The van der Waals surface area contributed by atoms with Crippen molar-refractivity contribution in [3.8, 4) is 0 Å². The Labute approximate surface area is 117 Å². The first-order valence-electron chi connectivity index (χ1n) is 5.70. The van der Waals surface area contributed by atoms with Crippen LogP contribution in [-0.4, -0.2) is 0 Å². The van der Waals surface area contributed by atoms with Crippen LogP contribution in [0.25, 0.3) is 0 Å². The zero-order valence-electron chi connectivity index (χ0n) is 10.2. The molecule has 0 aromatic heterocycles. The molecule has 2 rings (SSSR count). The van der Waals surface area contributed by atoms with Crippen LogP contribution in [0.1, 0.15) is 11.1 Å². The Bertz CT molecular complexity index is 610. The van der Waals surface area contributed by atoms with E-state index in [0.29, 0.717) is 16.1 Å². The van der Waals surface area contributed by atoms with Crippen molar-refractivity contribution in [1.29, 1.82) is 0 Å². The van der Waals surface area contributed by atoms with Crippen LogP contribution in [0.15, 0.2) is 47.4 Å². The summed E-state index contributed by atoms with van der Waals surface area (Å²) >= 11 is 1.13. The molecule has 0 amide bonds. The minimum absolute atomic E-state index is 0.255. The van der Waals surface area contributed by atoms with Gasteiger partial charge in [0, 0.05) is 16.3 Å². The SMILES string of the molecule is Nc1ccc(SCc2cccc(C(F)(F)F)c2)c(F)c1. The molecule has 0 atom stereocenters. The largest absolute Gasteiger partial charge is 0.416 e. The highest BCUT2D eigenvalue weighted by Crippen LogP contribution is 2.32. The average Bonchev–Trinajstić information content (AvgIpc) is 2.37. The van der Waals surface area contributed by atoms with Gasteiger partial charge >= 0.3 is 6.18 Å². The predicted octanol–water partition coefficient (Wildman–Crippen LogP) is 4.72. The number of rotatable bonds is 3. The Morgan fingerprint density at radius 1 is 1.05 bits per heavy atom. The molecule has 0 aliphatic rings. The molecule has 0 radical (unpaired) electrons. The van der Waals surface area contributed by atoms with Crippen LogP contribution in [0.3, 0.4) is 0 Å². The maximum atomic E-state index is 13.5.